The molecule has 90 valence electrons. The quantitative estimate of drug-likeness (QED) is 0.809. The van der Waals surface area contributed by atoms with Gasteiger partial charge in [0.2, 0.25) is 0 Å². The lowest BCUT2D eigenvalue weighted by Crippen LogP contribution is -2.38. The van der Waals surface area contributed by atoms with Crippen molar-refractivity contribution in [2.75, 3.05) is 0 Å². The number of aliphatic hydroxyl groups is 1. The molecule has 2 unspecified atom stereocenters. The molecule has 0 bridgehead atoms. The molecule has 1 fully saturated rings. The number of halogens is 3. The second-order valence-electron chi connectivity index (χ2n) is 4.38. The molecule has 1 aromatic heterocycles. The summed E-state index contributed by atoms with van der Waals surface area (Å²) in [6.07, 6.45) is -0.966. The largest absolute Gasteiger partial charge is 0.472 e. The van der Waals surface area contributed by atoms with E-state index in [1.807, 2.05) is 0 Å². The van der Waals surface area contributed by atoms with Crippen LogP contribution in [-0.2, 0) is 5.60 Å². The van der Waals surface area contributed by atoms with Gasteiger partial charge in [0.05, 0.1) is 24.0 Å². The van der Waals surface area contributed by atoms with Gasteiger partial charge in [0.25, 0.3) is 0 Å². The first kappa shape index (κ1) is 11.5. The molecule has 0 amide bonds. The Morgan fingerprint density at radius 2 is 2.19 bits per heavy atom. The average Bonchev–Trinajstić information content (AvgIpc) is 2.69. The second-order valence-corrected chi connectivity index (χ2v) is 4.38. The third kappa shape index (κ3) is 2.09. The molecule has 16 heavy (non-hydrogen) atoms. The minimum Gasteiger partial charge on any atom is -0.472 e. The Morgan fingerprint density at radius 3 is 2.75 bits per heavy atom. The van der Waals surface area contributed by atoms with Gasteiger partial charge in [-0.1, -0.05) is 0 Å². The lowest BCUT2D eigenvalue weighted by atomic mass is 9.75. The summed E-state index contributed by atoms with van der Waals surface area (Å²) >= 11 is 0. The SMILES string of the molecule is OC1(c2ccoc2)CCCC(C(F)(F)F)C1. The first-order chi connectivity index (χ1) is 7.42. The standard InChI is InChI=1S/C11H13F3O2/c12-11(13,14)8-2-1-4-10(15,6-8)9-3-5-16-7-9/h3,5,7-8,15H,1-2,4,6H2. The number of hydrogen-bond acceptors (Lipinski definition) is 2. The number of hydrogen-bond donors (Lipinski definition) is 1. The summed E-state index contributed by atoms with van der Waals surface area (Å²) in [5.74, 6) is -1.42. The molecular formula is C11H13F3O2. The van der Waals surface area contributed by atoms with Crippen LogP contribution < -0.4 is 0 Å². The monoisotopic (exact) mass is 234 g/mol. The molecular weight excluding hydrogens is 221 g/mol. The maximum Gasteiger partial charge on any atom is 0.391 e. The van der Waals surface area contributed by atoms with Crippen LogP contribution in [0.25, 0.3) is 0 Å². The van der Waals surface area contributed by atoms with Gasteiger partial charge in [-0.3, -0.25) is 0 Å². The van der Waals surface area contributed by atoms with Crippen LogP contribution in [0.1, 0.15) is 31.2 Å². The van der Waals surface area contributed by atoms with Gasteiger partial charge in [-0.05, 0) is 31.7 Å². The van der Waals surface area contributed by atoms with Crippen molar-refractivity contribution in [3.8, 4) is 0 Å². The highest BCUT2D eigenvalue weighted by atomic mass is 19.4. The maximum absolute atomic E-state index is 12.6. The van der Waals surface area contributed by atoms with Crippen molar-refractivity contribution >= 4 is 0 Å². The molecule has 1 aliphatic carbocycles. The topological polar surface area (TPSA) is 33.4 Å². The summed E-state index contributed by atoms with van der Waals surface area (Å²) in [5.41, 5.74) is -0.938. The van der Waals surface area contributed by atoms with E-state index in [-0.39, 0.29) is 12.8 Å². The molecule has 2 rings (SSSR count). The van der Waals surface area contributed by atoms with E-state index in [1.165, 1.54) is 18.6 Å². The van der Waals surface area contributed by atoms with Gasteiger partial charge in [-0.25, -0.2) is 0 Å². The van der Waals surface area contributed by atoms with Crippen LogP contribution in [-0.4, -0.2) is 11.3 Å². The van der Waals surface area contributed by atoms with E-state index >= 15 is 0 Å². The molecule has 0 aromatic carbocycles. The van der Waals surface area contributed by atoms with E-state index in [9.17, 15) is 18.3 Å². The molecule has 1 saturated carbocycles. The number of furan rings is 1. The van der Waals surface area contributed by atoms with Crippen molar-refractivity contribution in [1.82, 2.24) is 0 Å². The highest BCUT2D eigenvalue weighted by molar-refractivity contribution is 5.17. The molecule has 1 N–H and O–H groups in total. The Balaban J connectivity index is 2.18. The van der Waals surface area contributed by atoms with Gasteiger partial charge in [0, 0.05) is 5.56 Å². The zero-order chi connectivity index (χ0) is 11.8. The summed E-state index contributed by atoms with van der Waals surface area (Å²) in [5, 5.41) is 10.2. The average molecular weight is 234 g/mol. The third-order valence-electron chi connectivity index (χ3n) is 3.25. The van der Waals surface area contributed by atoms with Crippen molar-refractivity contribution in [1.29, 1.82) is 0 Å². The zero-order valence-corrected chi connectivity index (χ0v) is 8.63. The van der Waals surface area contributed by atoms with Gasteiger partial charge >= 0.3 is 6.18 Å². The van der Waals surface area contributed by atoms with Crippen LogP contribution >= 0.6 is 0 Å². The highest BCUT2D eigenvalue weighted by Gasteiger charge is 2.47. The van der Waals surface area contributed by atoms with Crippen molar-refractivity contribution in [3.05, 3.63) is 24.2 Å². The first-order valence-electron chi connectivity index (χ1n) is 5.23. The van der Waals surface area contributed by atoms with Crippen molar-refractivity contribution < 1.29 is 22.7 Å². The summed E-state index contributed by atoms with van der Waals surface area (Å²) in [4.78, 5) is 0. The van der Waals surface area contributed by atoms with Gasteiger partial charge in [-0.2, -0.15) is 13.2 Å². The molecule has 0 saturated heterocycles. The summed E-state index contributed by atoms with van der Waals surface area (Å²) < 4.78 is 42.6. The van der Waals surface area contributed by atoms with E-state index < -0.39 is 17.7 Å². The van der Waals surface area contributed by atoms with E-state index in [0.717, 1.165) is 0 Å². The summed E-state index contributed by atoms with van der Waals surface area (Å²) in [6.45, 7) is 0. The molecule has 0 spiro atoms. The minimum absolute atomic E-state index is 0.101. The van der Waals surface area contributed by atoms with Crippen LogP contribution in [0.2, 0.25) is 0 Å². The molecule has 1 heterocycles. The Hall–Kier alpha value is -0.970. The summed E-state index contributed by atoms with van der Waals surface area (Å²) in [6, 6.07) is 1.53. The van der Waals surface area contributed by atoms with Crippen LogP contribution in [0, 0.1) is 5.92 Å². The fourth-order valence-corrected chi connectivity index (χ4v) is 2.32. The Kier molecular flexibility index (Phi) is 2.74. The molecule has 1 aliphatic rings. The Labute approximate surface area is 91.1 Å². The third-order valence-corrected chi connectivity index (χ3v) is 3.25. The zero-order valence-electron chi connectivity index (χ0n) is 8.63. The van der Waals surface area contributed by atoms with Crippen LogP contribution in [0.15, 0.2) is 23.0 Å². The van der Waals surface area contributed by atoms with E-state index in [4.69, 9.17) is 4.42 Å². The fraction of sp³-hybridized carbons (Fsp3) is 0.636. The van der Waals surface area contributed by atoms with Gasteiger partial charge < -0.3 is 9.52 Å². The van der Waals surface area contributed by atoms with Crippen LogP contribution in [0.4, 0.5) is 13.2 Å². The molecule has 0 aliphatic heterocycles. The maximum atomic E-state index is 12.6. The van der Waals surface area contributed by atoms with Crippen molar-refractivity contribution in [2.45, 2.75) is 37.5 Å². The predicted octanol–water partition coefficient (Wildman–Crippen LogP) is 3.22. The normalized spacial score (nSPS) is 31.6. The Morgan fingerprint density at radius 1 is 1.44 bits per heavy atom. The van der Waals surface area contributed by atoms with Crippen molar-refractivity contribution in [3.63, 3.8) is 0 Å². The molecule has 2 atom stereocenters. The molecule has 0 radical (unpaired) electrons. The molecule has 2 nitrogen and oxygen atoms in total. The lowest BCUT2D eigenvalue weighted by molar-refractivity contribution is -0.201. The summed E-state index contributed by atoms with van der Waals surface area (Å²) in [7, 11) is 0. The predicted molar refractivity (Wildman–Crippen MR) is 50.6 cm³/mol. The van der Waals surface area contributed by atoms with Crippen molar-refractivity contribution in [2.24, 2.45) is 5.92 Å². The van der Waals surface area contributed by atoms with E-state index in [0.29, 0.717) is 18.4 Å². The van der Waals surface area contributed by atoms with Gasteiger partial charge in [0.1, 0.15) is 0 Å². The van der Waals surface area contributed by atoms with Gasteiger partial charge in [0.15, 0.2) is 0 Å². The minimum atomic E-state index is -4.22. The lowest BCUT2D eigenvalue weighted by Gasteiger charge is -2.36. The van der Waals surface area contributed by atoms with Crippen LogP contribution in [0.5, 0.6) is 0 Å². The van der Waals surface area contributed by atoms with Gasteiger partial charge in [-0.15, -0.1) is 0 Å². The fourth-order valence-electron chi connectivity index (χ4n) is 2.32. The first-order valence-corrected chi connectivity index (χ1v) is 5.23. The molecule has 5 heteroatoms. The number of rotatable bonds is 1. The number of alkyl halides is 3. The van der Waals surface area contributed by atoms with E-state index in [2.05, 4.69) is 0 Å². The second kappa shape index (κ2) is 3.80. The smallest absolute Gasteiger partial charge is 0.391 e. The van der Waals surface area contributed by atoms with E-state index in [1.54, 1.807) is 0 Å². The highest BCUT2D eigenvalue weighted by Crippen LogP contribution is 2.46. The molecule has 1 aromatic rings. The Bertz CT molecular complexity index is 345. The van der Waals surface area contributed by atoms with Crippen LogP contribution in [0.3, 0.4) is 0 Å².